The molecule has 0 saturated carbocycles. The number of hydrogen-bond donors (Lipinski definition) is 2. The Labute approximate surface area is 206 Å². The number of aromatic nitrogens is 3. The normalized spacial score (nSPS) is 10.3. The molecule has 0 bridgehead atoms. The van der Waals surface area contributed by atoms with E-state index < -0.39 is 18.8 Å². The van der Waals surface area contributed by atoms with E-state index in [-0.39, 0.29) is 22.3 Å². The van der Waals surface area contributed by atoms with Gasteiger partial charge in [-0.25, -0.2) is 13.2 Å². The lowest BCUT2D eigenvalue weighted by molar-refractivity contribution is 0.157. The molecule has 1 aromatic carbocycles. The number of hydrogen-bond acceptors (Lipinski definition) is 5. The highest BCUT2D eigenvalue weighted by atomic mass is 19.3. The van der Waals surface area contributed by atoms with E-state index in [1.807, 2.05) is 27.7 Å². The summed E-state index contributed by atoms with van der Waals surface area (Å²) in [5.74, 6) is -0.780. The van der Waals surface area contributed by atoms with E-state index in [9.17, 15) is 13.2 Å². The summed E-state index contributed by atoms with van der Waals surface area (Å²) in [5.41, 5.74) is 1.29. The van der Waals surface area contributed by atoms with Crippen molar-refractivity contribution in [1.82, 2.24) is 14.5 Å². The van der Waals surface area contributed by atoms with Gasteiger partial charge in [0, 0.05) is 17.6 Å². The molecule has 0 aliphatic rings. The Kier molecular flexibility index (Phi) is 13.5. The summed E-state index contributed by atoms with van der Waals surface area (Å²) < 4.78 is 42.1. The largest absolute Gasteiger partial charge is 0.320 e. The highest BCUT2D eigenvalue weighted by Gasteiger charge is 2.22. The maximum Gasteiger partial charge on any atom is 0.256 e. The van der Waals surface area contributed by atoms with Crippen LogP contribution in [-0.4, -0.2) is 33.8 Å². The van der Waals surface area contributed by atoms with E-state index in [1.54, 1.807) is 13.0 Å². The third-order valence-electron chi connectivity index (χ3n) is 3.81. The number of rotatable bonds is 5. The van der Waals surface area contributed by atoms with Crippen LogP contribution in [0.4, 0.5) is 24.7 Å². The van der Waals surface area contributed by atoms with E-state index in [0.29, 0.717) is 16.8 Å². The summed E-state index contributed by atoms with van der Waals surface area (Å²) in [6.45, 7) is 17.7. The second-order valence-electron chi connectivity index (χ2n) is 8.55. The molecule has 0 spiro atoms. The van der Waals surface area contributed by atoms with E-state index in [2.05, 4.69) is 37.7 Å². The Balaban J connectivity index is 0.00000112. The fourth-order valence-corrected chi connectivity index (χ4v) is 2.74. The van der Waals surface area contributed by atoms with E-state index in [0.717, 1.165) is 15.8 Å². The molecule has 0 aliphatic carbocycles. The monoisotopic (exact) mass is 492 g/mol. The number of benzene rings is 1. The Bertz CT molecular complexity index is 1110. The van der Waals surface area contributed by atoms with Crippen LogP contribution < -0.4 is 10.5 Å². The van der Waals surface area contributed by atoms with Gasteiger partial charge in [0.05, 0.1) is 23.8 Å². The first-order valence-corrected chi connectivity index (χ1v) is 11.7. The van der Waals surface area contributed by atoms with Crippen LogP contribution in [0.2, 0.25) is 0 Å². The van der Waals surface area contributed by atoms with Crippen molar-refractivity contribution in [2.45, 2.75) is 68.7 Å². The predicted molar refractivity (Wildman–Crippen MR) is 140 cm³/mol. The molecular weight excluding hydrogens is 453 g/mol. The van der Waals surface area contributed by atoms with E-state index in [4.69, 9.17) is 10.8 Å². The van der Waals surface area contributed by atoms with Crippen LogP contribution in [0, 0.1) is 29.0 Å². The van der Waals surface area contributed by atoms with Crippen LogP contribution in [0.25, 0.3) is 10.9 Å². The lowest BCUT2D eigenvalue weighted by atomic mass is 10.0. The Morgan fingerprint density at radius 3 is 2.14 bits per heavy atom. The minimum absolute atomic E-state index is 0.0397. The number of fused-ring (bicyclic) bond motifs is 1. The van der Waals surface area contributed by atoms with Crippen molar-refractivity contribution in [1.29, 1.82) is 10.8 Å². The Morgan fingerprint density at radius 1 is 1.09 bits per heavy atom. The number of alkyl halides is 2. The molecule has 3 rings (SSSR count). The minimum atomic E-state index is -2.71. The van der Waals surface area contributed by atoms with Crippen molar-refractivity contribution in [3.63, 3.8) is 0 Å². The predicted octanol–water partition coefficient (Wildman–Crippen LogP) is 7.32. The van der Waals surface area contributed by atoms with Crippen molar-refractivity contribution in [3.05, 3.63) is 53.7 Å². The lowest BCUT2D eigenvalue weighted by Gasteiger charge is -2.25. The summed E-state index contributed by atoms with van der Waals surface area (Å²) >= 11 is 0. The van der Waals surface area contributed by atoms with Crippen molar-refractivity contribution in [3.8, 4) is 0 Å². The lowest BCUT2D eigenvalue weighted by Crippen LogP contribution is -2.31. The second-order valence-corrected chi connectivity index (χ2v) is 8.55. The molecule has 2 heterocycles. The van der Waals surface area contributed by atoms with Crippen molar-refractivity contribution in [2.75, 3.05) is 11.4 Å². The molecule has 2 aromatic heterocycles. The van der Waals surface area contributed by atoms with E-state index >= 15 is 0 Å². The number of aryl methyl sites for hydroxylation is 1. The van der Waals surface area contributed by atoms with Gasteiger partial charge in [-0.2, -0.15) is 4.98 Å². The van der Waals surface area contributed by atoms with Crippen LogP contribution in [0.5, 0.6) is 0 Å². The van der Waals surface area contributed by atoms with Crippen LogP contribution in [0.1, 0.15) is 61.1 Å². The molecule has 0 radical (unpaired) electrons. The molecule has 3 aromatic rings. The summed E-state index contributed by atoms with van der Waals surface area (Å²) in [6, 6.07) is 7.22. The Hall–Kier alpha value is -3.23. The average Bonchev–Trinajstić information content (AvgIpc) is 2.78. The molecule has 0 atom stereocenters. The van der Waals surface area contributed by atoms with Crippen molar-refractivity contribution in [2.24, 2.45) is 5.41 Å². The number of pyridine rings is 1. The van der Waals surface area contributed by atoms with Crippen LogP contribution in [0.3, 0.4) is 0 Å². The van der Waals surface area contributed by atoms with Gasteiger partial charge in [0.2, 0.25) is 5.62 Å². The van der Waals surface area contributed by atoms with Gasteiger partial charge < -0.3 is 4.90 Å². The van der Waals surface area contributed by atoms with Gasteiger partial charge in [0.1, 0.15) is 11.6 Å². The zero-order chi connectivity index (χ0) is 27.3. The van der Waals surface area contributed by atoms with Gasteiger partial charge in [-0.3, -0.25) is 20.4 Å². The summed E-state index contributed by atoms with van der Waals surface area (Å²) in [5, 5.41) is 15.4. The smallest absolute Gasteiger partial charge is 0.256 e. The van der Waals surface area contributed by atoms with Gasteiger partial charge in [-0.1, -0.05) is 61.5 Å². The molecule has 194 valence electrons. The summed E-state index contributed by atoms with van der Waals surface area (Å²) in [7, 11) is 0. The first-order valence-electron chi connectivity index (χ1n) is 11.7. The quantitative estimate of drug-likeness (QED) is 0.289. The van der Waals surface area contributed by atoms with Crippen LogP contribution >= 0.6 is 0 Å². The number of nitrogens with one attached hydrogen (secondary N) is 2. The van der Waals surface area contributed by atoms with E-state index in [1.165, 1.54) is 30.5 Å². The zero-order valence-corrected chi connectivity index (χ0v) is 22.2. The molecule has 0 fully saturated rings. The topological polar surface area (TPSA) is 81.7 Å². The maximum absolute atomic E-state index is 14.6. The van der Waals surface area contributed by atoms with Crippen molar-refractivity contribution < 1.29 is 13.2 Å². The summed E-state index contributed by atoms with van der Waals surface area (Å²) in [4.78, 5) is 9.21. The van der Waals surface area contributed by atoms with Gasteiger partial charge in [-0.05, 0) is 36.6 Å². The van der Waals surface area contributed by atoms with Gasteiger partial charge >= 0.3 is 0 Å². The highest BCUT2D eigenvalue weighted by molar-refractivity contribution is 5.94. The third-order valence-corrected chi connectivity index (χ3v) is 3.81. The third kappa shape index (κ3) is 9.88. The molecule has 0 saturated heterocycles. The van der Waals surface area contributed by atoms with Gasteiger partial charge in [-0.15, -0.1) is 0 Å². The minimum Gasteiger partial charge on any atom is -0.320 e. The molecule has 0 aliphatic heterocycles. The number of halogens is 3. The zero-order valence-electron chi connectivity index (χ0n) is 22.2. The molecular formula is C26H39F3N6. The highest BCUT2D eigenvalue weighted by Crippen LogP contribution is 2.31. The second kappa shape index (κ2) is 14.9. The molecule has 9 heteroatoms. The molecule has 2 N–H and O–H groups in total. The SMILES string of the molecule is CC.CC.CC(C)(C)C.Cc1cc(N(CC(F)F)c2nc(=N)n(C=N)c3cccc(F)c23)ccn1. The number of nitrogens with zero attached hydrogens (tertiary/aromatic N) is 4. The molecule has 35 heavy (non-hydrogen) atoms. The first-order chi connectivity index (χ1) is 16.4. The van der Waals surface area contributed by atoms with Crippen LogP contribution in [-0.2, 0) is 0 Å². The van der Waals surface area contributed by atoms with Gasteiger partial charge in [0.15, 0.2) is 0 Å². The fourth-order valence-electron chi connectivity index (χ4n) is 2.74. The van der Waals surface area contributed by atoms with Crippen molar-refractivity contribution >= 4 is 28.7 Å². The summed E-state index contributed by atoms with van der Waals surface area (Å²) in [6.07, 6.45) is -0.421. The first kappa shape index (κ1) is 31.8. The molecule has 0 amide bonds. The maximum atomic E-state index is 14.6. The molecule has 0 unspecified atom stereocenters. The van der Waals surface area contributed by atoms with Gasteiger partial charge in [0.25, 0.3) is 6.43 Å². The Morgan fingerprint density at radius 2 is 1.66 bits per heavy atom. The van der Waals surface area contributed by atoms with Crippen LogP contribution in [0.15, 0.2) is 36.5 Å². The molecule has 6 nitrogen and oxygen atoms in total. The number of anilines is 2. The fraction of sp³-hybridized carbons (Fsp3) is 0.462. The average molecular weight is 493 g/mol. The standard InChI is InChI=1S/C17H15F3N6.C5H12.2C2H6/c1-10-7-11(5-6-23-10)25(8-14(19)20)16-15-12(18)3-2-4-13(15)26(9-21)17(22)24-16;1-5(2,3)4;2*1-2/h2-7,9,14,21-22H,8H2,1H3;1-4H3;2*1-2H3.